The minimum atomic E-state index is -0.0868. The van der Waals surface area contributed by atoms with E-state index in [2.05, 4.69) is 22.5 Å². The van der Waals surface area contributed by atoms with Crippen LogP contribution >= 0.6 is 0 Å². The summed E-state index contributed by atoms with van der Waals surface area (Å²) in [5, 5.41) is 7.52. The van der Waals surface area contributed by atoms with Crippen molar-refractivity contribution in [1.82, 2.24) is 15.6 Å². The van der Waals surface area contributed by atoms with Crippen molar-refractivity contribution < 1.29 is 4.79 Å². The van der Waals surface area contributed by atoms with Gasteiger partial charge < -0.3 is 10.6 Å². The van der Waals surface area contributed by atoms with Crippen LogP contribution in [-0.4, -0.2) is 29.5 Å². The van der Waals surface area contributed by atoms with Gasteiger partial charge in [-0.05, 0) is 38.4 Å². The van der Waals surface area contributed by atoms with Gasteiger partial charge in [-0.15, -0.1) is 0 Å². The molecule has 2 N–H and O–H groups in total. The van der Waals surface area contributed by atoms with E-state index in [0.717, 1.165) is 30.3 Å². The highest BCUT2D eigenvalue weighted by atomic mass is 16.1. The Morgan fingerprint density at radius 3 is 3.00 bits per heavy atom. The van der Waals surface area contributed by atoms with E-state index < -0.39 is 0 Å². The van der Waals surface area contributed by atoms with Gasteiger partial charge in [0.25, 0.3) is 5.91 Å². The Labute approximate surface area is 118 Å². The number of piperidine rings is 1. The van der Waals surface area contributed by atoms with Crippen LogP contribution in [0.4, 0.5) is 0 Å². The number of hydrogen-bond donors (Lipinski definition) is 2. The molecule has 1 fully saturated rings. The summed E-state index contributed by atoms with van der Waals surface area (Å²) in [6.07, 6.45) is 2.12. The number of rotatable bonds is 2. The van der Waals surface area contributed by atoms with E-state index in [1.165, 1.54) is 0 Å². The zero-order chi connectivity index (χ0) is 13.9. The lowest BCUT2D eigenvalue weighted by Crippen LogP contribution is -2.52. The van der Waals surface area contributed by atoms with E-state index in [1.807, 2.05) is 30.3 Å². The number of pyridine rings is 1. The van der Waals surface area contributed by atoms with Crippen LogP contribution in [-0.2, 0) is 0 Å². The van der Waals surface area contributed by atoms with E-state index in [0.29, 0.717) is 11.7 Å². The number of carbonyl (C=O) groups excluding carboxylic acids is 1. The third-order valence-corrected chi connectivity index (χ3v) is 3.91. The van der Waals surface area contributed by atoms with Crippen LogP contribution in [0.2, 0.25) is 0 Å². The van der Waals surface area contributed by atoms with Crippen molar-refractivity contribution in [3.8, 4) is 0 Å². The number of nitrogens with zero attached hydrogens (tertiary/aromatic N) is 1. The van der Waals surface area contributed by atoms with Gasteiger partial charge in [0.15, 0.2) is 0 Å². The summed E-state index contributed by atoms with van der Waals surface area (Å²) < 4.78 is 0. The summed E-state index contributed by atoms with van der Waals surface area (Å²) in [4.78, 5) is 16.7. The van der Waals surface area contributed by atoms with Gasteiger partial charge in [-0.2, -0.15) is 0 Å². The highest BCUT2D eigenvalue weighted by molar-refractivity contribution is 5.95. The predicted octanol–water partition coefficient (Wildman–Crippen LogP) is 2.11. The average Bonchev–Trinajstić information content (AvgIpc) is 2.49. The molecule has 0 aliphatic carbocycles. The molecule has 20 heavy (non-hydrogen) atoms. The Morgan fingerprint density at radius 1 is 1.30 bits per heavy atom. The Kier molecular flexibility index (Phi) is 3.65. The summed E-state index contributed by atoms with van der Waals surface area (Å²) in [6.45, 7) is 3.14. The van der Waals surface area contributed by atoms with Crippen LogP contribution < -0.4 is 10.6 Å². The highest BCUT2D eigenvalue weighted by Crippen LogP contribution is 2.13. The largest absolute Gasteiger partial charge is 0.346 e. The third kappa shape index (κ3) is 2.65. The second-order valence-electron chi connectivity index (χ2n) is 5.35. The fourth-order valence-electron chi connectivity index (χ4n) is 2.68. The van der Waals surface area contributed by atoms with E-state index in [1.54, 1.807) is 6.07 Å². The SMILES string of the molecule is CC1NCCCC1NC(=O)c1ccc2ccccc2n1. The van der Waals surface area contributed by atoms with Crippen LogP contribution in [0.1, 0.15) is 30.3 Å². The first-order valence-electron chi connectivity index (χ1n) is 7.14. The molecule has 0 saturated carbocycles. The molecule has 2 atom stereocenters. The minimum Gasteiger partial charge on any atom is -0.346 e. The van der Waals surface area contributed by atoms with Crippen LogP contribution in [0, 0.1) is 0 Å². The van der Waals surface area contributed by atoms with Crippen molar-refractivity contribution in [1.29, 1.82) is 0 Å². The lowest BCUT2D eigenvalue weighted by atomic mass is 10.00. The molecular weight excluding hydrogens is 250 g/mol. The number of nitrogens with one attached hydrogen (secondary N) is 2. The number of hydrogen-bond acceptors (Lipinski definition) is 3. The normalized spacial score (nSPS) is 22.6. The summed E-state index contributed by atoms with van der Waals surface area (Å²) >= 11 is 0. The lowest BCUT2D eigenvalue weighted by molar-refractivity contribution is 0.0915. The average molecular weight is 269 g/mol. The maximum absolute atomic E-state index is 12.3. The molecule has 4 nitrogen and oxygen atoms in total. The van der Waals surface area contributed by atoms with Crippen molar-refractivity contribution >= 4 is 16.8 Å². The van der Waals surface area contributed by atoms with Gasteiger partial charge in [-0.3, -0.25) is 4.79 Å². The first kappa shape index (κ1) is 13.1. The predicted molar refractivity (Wildman–Crippen MR) is 79.7 cm³/mol. The summed E-state index contributed by atoms with van der Waals surface area (Å²) in [6, 6.07) is 12.1. The number of fused-ring (bicyclic) bond motifs is 1. The molecule has 0 radical (unpaired) electrons. The van der Waals surface area contributed by atoms with Crippen molar-refractivity contribution in [3.05, 3.63) is 42.1 Å². The molecule has 2 unspecified atom stereocenters. The van der Waals surface area contributed by atoms with Gasteiger partial charge in [-0.25, -0.2) is 4.98 Å². The van der Waals surface area contributed by atoms with Gasteiger partial charge in [0, 0.05) is 17.5 Å². The summed E-state index contributed by atoms with van der Waals surface area (Å²) in [7, 11) is 0. The molecule has 0 bridgehead atoms. The second-order valence-corrected chi connectivity index (χ2v) is 5.35. The second kappa shape index (κ2) is 5.59. The fraction of sp³-hybridized carbons (Fsp3) is 0.375. The number of carbonyl (C=O) groups is 1. The quantitative estimate of drug-likeness (QED) is 0.878. The summed E-state index contributed by atoms with van der Waals surface area (Å²) in [5.74, 6) is -0.0868. The van der Waals surface area contributed by atoms with Crippen LogP contribution in [0.25, 0.3) is 10.9 Å². The van der Waals surface area contributed by atoms with Crippen LogP contribution in [0.5, 0.6) is 0 Å². The van der Waals surface area contributed by atoms with Gasteiger partial charge in [-0.1, -0.05) is 24.3 Å². The lowest BCUT2D eigenvalue weighted by Gasteiger charge is -2.30. The van der Waals surface area contributed by atoms with Crippen molar-refractivity contribution in [2.75, 3.05) is 6.54 Å². The minimum absolute atomic E-state index is 0.0868. The van der Waals surface area contributed by atoms with Gasteiger partial charge in [0.1, 0.15) is 5.69 Å². The van der Waals surface area contributed by atoms with E-state index >= 15 is 0 Å². The Morgan fingerprint density at radius 2 is 2.15 bits per heavy atom. The number of amides is 1. The van der Waals surface area contributed by atoms with Gasteiger partial charge >= 0.3 is 0 Å². The maximum Gasteiger partial charge on any atom is 0.270 e. The third-order valence-electron chi connectivity index (χ3n) is 3.91. The topological polar surface area (TPSA) is 54.0 Å². The standard InChI is InChI=1S/C16H19N3O/c1-11-13(7-4-10-17-11)19-16(20)15-9-8-12-5-2-3-6-14(12)18-15/h2-3,5-6,8-9,11,13,17H,4,7,10H2,1H3,(H,19,20). The smallest absolute Gasteiger partial charge is 0.270 e. The molecule has 2 aromatic rings. The molecule has 1 aliphatic rings. The zero-order valence-corrected chi connectivity index (χ0v) is 11.6. The number of aromatic nitrogens is 1. The van der Waals surface area contributed by atoms with E-state index in [-0.39, 0.29) is 11.9 Å². The van der Waals surface area contributed by atoms with Crippen molar-refractivity contribution in [3.63, 3.8) is 0 Å². The van der Waals surface area contributed by atoms with Crippen molar-refractivity contribution in [2.45, 2.75) is 31.8 Å². The summed E-state index contributed by atoms with van der Waals surface area (Å²) in [5.41, 5.74) is 1.34. The Balaban J connectivity index is 1.78. The van der Waals surface area contributed by atoms with Crippen molar-refractivity contribution in [2.24, 2.45) is 0 Å². The molecule has 1 aromatic carbocycles. The molecule has 1 saturated heterocycles. The molecule has 1 amide bonds. The number of benzene rings is 1. The monoisotopic (exact) mass is 269 g/mol. The molecular formula is C16H19N3O. The molecule has 1 aromatic heterocycles. The van der Waals surface area contributed by atoms with E-state index in [4.69, 9.17) is 0 Å². The molecule has 1 aliphatic heterocycles. The Bertz CT molecular complexity index is 626. The first-order valence-corrected chi connectivity index (χ1v) is 7.14. The zero-order valence-electron chi connectivity index (χ0n) is 11.6. The van der Waals surface area contributed by atoms with Gasteiger partial charge in [0.05, 0.1) is 5.52 Å². The molecule has 2 heterocycles. The molecule has 104 valence electrons. The van der Waals surface area contributed by atoms with E-state index in [9.17, 15) is 4.79 Å². The highest BCUT2D eigenvalue weighted by Gasteiger charge is 2.23. The van der Waals surface area contributed by atoms with Crippen LogP contribution in [0.15, 0.2) is 36.4 Å². The fourth-order valence-corrected chi connectivity index (χ4v) is 2.68. The molecule has 0 spiro atoms. The maximum atomic E-state index is 12.3. The molecule has 3 rings (SSSR count). The van der Waals surface area contributed by atoms with Crippen LogP contribution in [0.3, 0.4) is 0 Å². The Hall–Kier alpha value is -1.94. The molecule has 4 heteroatoms. The van der Waals surface area contributed by atoms with Gasteiger partial charge in [0.2, 0.25) is 0 Å². The first-order chi connectivity index (χ1) is 9.74. The number of para-hydroxylation sites is 1.